The van der Waals surface area contributed by atoms with Gasteiger partial charge in [0.2, 0.25) is 6.79 Å². The van der Waals surface area contributed by atoms with E-state index in [9.17, 15) is 4.79 Å². The molecule has 2 aromatic rings. The lowest BCUT2D eigenvalue weighted by Gasteiger charge is -2.24. The van der Waals surface area contributed by atoms with Gasteiger partial charge in [0.25, 0.3) is 0 Å². The van der Waals surface area contributed by atoms with Crippen LogP contribution in [0.5, 0.6) is 17.2 Å². The Hall–Kier alpha value is -2.53. The third-order valence-corrected chi connectivity index (χ3v) is 5.20. The SMILES string of the molecule is COc1c(C)ccc2c1CN(C)CCc1cc3c(cc1C(=O)C2)OCO3. The maximum atomic E-state index is 13.1. The number of ketones is 1. The highest BCUT2D eigenvalue weighted by molar-refractivity contribution is 6.00. The van der Waals surface area contributed by atoms with Gasteiger partial charge in [0.05, 0.1) is 7.11 Å². The molecule has 2 aliphatic rings. The molecule has 0 saturated carbocycles. The van der Waals surface area contributed by atoms with Crippen LogP contribution in [0.15, 0.2) is 24.3 Å². The first-order chi connectivity index (χ1) is 12.6. The van der Waals surface area contributed by atoms with E-state index in [1.807, 2.05) is 31.2 Å². The number of rotatable bonds is 1. The number of methoxy groups -OCH3 is 1. The maximum absolute atomic E-state index is 13.1. The molecule has 0 radical (unpaired) electrons. The average Bonchev–Trinajstić information content (AvgIpc) is 3.08. The number of Topliss-reactive ketones (excluding diaryl/α,β-unsaturated/α-hetero) is 1. The third-order valence-electron chi connectivity index (χ3n) is 5.20. The molecule has 0 saturated heterocycles. The minimum atomic E-state index is 0.106. The van der Waals surface area contributed by atoms with Crippen LogP contribution in [0, 0.1) is 6.92 Å². The van der Waals surface area contributed by atoms with Gasteiger partial charge in [-0.2, -0.15) is 0 Å². The number of aryl methyl sites for hydroxylation is 1. The summed E-state index contributed by atoms with van der Waals surface area (Å²) in [6, 6.07) is 7.87. The fraction of sp³-hybridized carbons (Fsp3) is 0.381. The molecular weight excluding hydrogens is 330 g/mol. The van der Waals surface area contributed by atoms with Gasteiger partial charge in [0.15, 0.2) is 17.3 Å². The summed E-state index contributed by atoms with van der Waals surface area (Å²) >= 11 is 0. The Labute approximate surface area is 153 Å². The van der Waals surface area contributed by atoms with Gasteiger partial charge in [-0.15, -0.1) is 0 Å². The van der Waals surface area contributed by atoms with Crippen LogP contribution >= 0.6 is 0 Å². The van der Waals surface area contributed by atoms with Gasteiger partial charge in [-0.25, -0.2) is 0 Å². The number of hydrogen-bond donors (Lipinski definition) is 0. The number of hydrogen-bond acceptors (Lipinski definition) is 5. The Kier molecular flexibility index (Phi) is 4.32. The number of carbonyl (C=O) groups excluding carboxylic acids is 1. The Morgan fingerprint density at radius 2 is 1.88 bits per heavy atom. The van der Waals surface area contributed by atoms with E-state index in [-0.39, 0.29) is 12.6 Å². The molecule has 4 rings (SSSR count). The van der Waals surface area contributed by atoms with Crippen molar-refractivity contribution >= 4 is 5.78 Å². The Morgan fingerprint density at radius 3 is 2.65 bits per heavy atom. The van der Waals surface area contributed by atoms with Gasteiger partial charge in [-0.05, 0) is 49.2 Å². The van der Waals surface area contributed by atoms with Crippen LogP contribution in [0.4, 0.5) is 0 Å². The minimum Gasteiger partial charge on any atom is -0.496 e. The molecule has 26 heavy (non-hydrogen) atoms. The first-order valence-electron chi connectivity index (χ1n) is 8.86. The number of ether oxygens (including phenoxy) is 3. The standard InChI is InChI=1S/C21H23NO4/c1-13-4-5-14-8-18(23)16-10-20-19(25-12-26-20)9-15(16)6-7-22(2)11-17(14)21(13)24-3/h4-5,9-10H,6-8,11-12H2,1-3H3. The largest absolute Gasteiger partial charge is 0.496 e. The molecule has 0 unspecified atom stereocenters. The topological polar surface area (TPSA) is 48.0 Å². The van der Waals surface area contributed by atoms with Crippen molar-refractivity contribution in [1.82, 2.24) is 4.90 Å². The Morgan fingerprint density at radius 1 is 1.12 bits per heavy atom. The van der Waals surface area contributed by atoms with Crippen LogP contribution in [0.3, 0.4) is 0 Å². The zero-order valence-electron chi connectivity index (χ0n) is 15.4. The fourth-order valence-electron chi connectivity index (χ4n) is 3.79. The van der Waals surface area contributed by atoms with E-state index in [0.29, 0.717) is 12.2 Å². The van der Waals surface area contributed by atoms with Crippen molar-refractivity contribution in [2.24, 2.45) is 0 Å². The molecule has 0 bridgehead atoms. The second kappa shape index (κ2) is 6.65. The molecule has 2 heterocycles. The highest BCUT2D eigenvalue weighted by Crippen LogP contribution is 2.36. The van der Waals surface area contributed by atoms with Crippen molar-refractivity contribution in [1.29, 1.82) is 0 Å². The van der Waals surface area contributed by atoms with E-state index in [1.165, 1.54) is 0 Å². The molecule has 5 nitrogen and oxygen atoms in total. The monoisotopic (exact) mass is 353 g/mol. The summed E-state index contributed by atoms with van der Waals surface area (Å²) in [5.74, 6) is 2.38. The van der Waals surface area contributed by atoms with Crippen LogP contribution < -0.4 is 14.2 Å². The molecule has 0 fully saturated rings. The molecule has 2 aliphatic heterocycles. The molecule has 0 aliphatic carbocycles. The first kappa shape index (κ1) is 16.9. The lowest BCUT2D eigenvalue weighted by atomic mass is 9.91. The van der Waals surface area contributed by atoms with E-state index < -0.39 is 0 Å². The van der Waals surface area contributed by atoms with Crippen molar-refractivity contribution < 1.29 is 19.0 Å². The number of nitrogens with zero attached hydrogens (tertiary/aromatic N) is 1. The third kappa shape index (κ3) is 2.92. The van der Waals surface area contributed by atoms with Crippen molar-refractivity contribution in [3.05, 3.63) is 52.1 Å². The van der Waals surface area contributed by atoms with Crippen LogP contribution in [0.25, 0.3) is 0 Å². The van der Waals surface area contributed by atoms with E-state index >= 15 is 0 Å². The van der Waals surface area contributed by atoms with Gasteiger partial charge < -0.3 is 19.1 Å². The van der Waals surface area contributed by atoms with Crippen LogP contribution in [-0.4, -0.2) is 38.2 Å². The quantitative estimate of drug-likeness (QED) is 0.788. The Balaban J connectivity index is 1.81. The summed E-state index contributed by atoms with van der Waals surface area (Å²) in [7, 11) is 3.79. The summed E-state index contributed by atoms with van der Waals surface area (Å²) in [6.45, 7) is 3.85. The average molecular weight is 353 g/mol. The smallest absolute Gasteiger partial charge is 0.231 e. The number of likely N-dealkylation sites (N-methyl/N-ethyl adjacent to an activating group) is 1. The molecule has 0 amide bonds. The predicted octanol–water partition coefficient (Wildman–Crippen LogP) is 3.15. The number of carbonyl (C=O) groups is 1. The minimum absolute atomic E-state index is 0.106. The highest BCUT2D eigenvalue weighted by Gasteiger charge is 2.24. The van der Waals surface area contributed by atoms with E-state index in [2.05, 4.69) is 11.9 Å². The van der Waals surface area contributed by atoms with Crippen LogP contribution in [0.1, 0.15) is 32.6 Å². The molecule has 0 aromatic heterocycles. The zero-order valence-corrected chi connectivity index (χ0v) is 15.4. The van der Waals surface area contributed by atoms with Crippen LogP contribution in [-0.2, 0) is 19.4 Å². The van der Waals surface area contributed by atoms with Crippen molar-refractivity contribution in [3.8, 4) is 17.2 Å². The second-order valence-corrected chi connectivity index (χ2v) is 7.00. The summed E-state index contributed by atoms with van der Waals surface area (Å²) in [6.07, 6.45) is 1.14. The number of benzene rings is 2. The van der Waals surface area contributed by atoms with E-state index in [1.54, 1.807) is 7.11 Å². The normalized spacial score (nSPS) is 16.8. The predicted molar refractivity (Wildman–Crippen MR) is 98.4 cm³/mol. The summed E-state index contributed by atoms with van der Waals surface area (Å²) in [4.78, 5) is 15.4. The van der Waals surface area contributed by atoms with Crippen LogP contribution in [0.2, 0.25) is 0 Å². The summed E-state index contributed by atoms with van der Waals surface area (Å²) < 4.78 is 16.6. The summed E-state index contributed by atoms with van der Waals surface area (Å²) in [5.41, 5.74) is 4.97. The molecule has 0 atom stereocenters. The molecule has 2 aromatic carbocycles. The van der Waals surface area contributed by atoms with Crippen molar-refractivity contribution in [2.75, 3.05) is 27.5 Å². The lowest BCUT2D eigenvalue weighted by Crippen LogP contribution is -2.24. The lowest BCUT2D eigenvalue weighted by molar-refractivity contribution is 0.0990. The summed E-state index contributed by atoms with van der Waals surface area (Å²) in [5, 5.41) is 0. The van der Waals surface area contributed by atoms with Gasteiger partial charge in [0.1, 0.15) is 5.75 Å². The molecule has 136 valence electrons. The zero-order chi connectivity index (χ0) is 18.3. The first-order valence-corrected chi connectivity index (χ1v) is 8.86. The van der Waals surface area contributed by atoms with Gasteiger partial charge in [0, 0.05) is 30.6 Å². The fourth-order valence-corrected chi connectivity index (χ4v) is 3.79. The van der Waals surface area contributed by atoms with E-state index in [0.717, 1.165) is 58.8 Å². The molecular formula is C21H23NO4. The maximum Gasteiger partial charge on any atom is 0.231 e. The molecule has 0 N–H and O–H groups in total. The molecule has 5 heteroatoms. The second-order valence-electron chi connectivity index (χ2n) is 7.00. The Bertz CT molecular complexity index is 875. The number of fused-ring (bicyclic) bond motifs is 3. The van der Waals surface area contributed by atoms with Gasteiger partial charge in [-0.3, -0.25) is 4.79 Å². The van der Waals surface area contributed by atoms with Crippen molar-refractivity contribution in [3.63, 3.8) is 0 Å². The van der Waals surface area contributed by atoms with Gasteiger partial charge >= 0.3 is 0 Å². The van der Waals surface area contributed by atoms with Crippen molar-refractivity contribution in [2.45, 2.75) is 26.3 Å². The highest BCUT2D eigenvalue weighted by atomic mass is 16.7. The molecule has 0 spiro atoms. The van der Waals surface area contributed by atoms with Gasteiger partial charge in [-0.1, -0.05) is 12.1 Å². The van der Waals surface area contributed by atoms with E-state index in [4.69, 9.17) is 14.2 Å².